The van der Waals surface area contributed by atoms with Crippen LogP contribution in [0, 0.1) is 24.2 Å². The molecule has 1 aliphatic carbocycles. The zero-order valence-corrected chi connectivity index (χ0v) is 12.0. The summed E-state index contributed by atoms with van der Waals surface area (Å²) in [5.41, 5.74) is 1.19. The molecule has 0 spiro atoms. The van der Waals surface area contributed by atoms with Gasteiger partial charge in [0.2, 0.25) is 10.0 Å². The quantitative estimate of drug-likeness (QED) is 0.922. The molecule has 0 amide bonds. The summed E-state index contributed by atoms with van der Waals surface area (Å²) < 4.78 is 27.4. The minimum Gasteiger partial charge on any atom is -0.208 e. The topological polar surface area (TPSA) is 70.0 Å². The molecule has 5 heteroatoms. The third kappa shape index (κ3) is 2.96. The Labute approximate surface area is 114 Å². The summed E-state index contributed by atoms with van der Waals surface area (Å²) in [5, 5.41) is 8.86. The Bertz CT molecular complexity index is 617. The van der Waals surface area contributed by atoms with Gasteiger partial charge < -0.3 is 0 Å². The molecule has 1 saturated carbocycles. The van der Waals surface area contributed by atoms with Crippen molar-refractivity contribution in [1.82, 2.24) is 4.72 Å². The Hall–Kier alpha value is -1.38. The molecule has 2 atom stereocenters. The Morgan fingerprint density at radius 2 is 2.11 bits per heavy atom. The minimum absolute atomic E-state index is 0.0287. The van der Waals surface area contributed by atoms with E-state index in [1.165, 1.54) is 6.07 Å². The Morgan fingerprint density at radius 3 is 2.63 bits per heavy atom. The highest BCUT2D eigenvalue weighted by Gasteiger charge is 2.28. The minimum atomic E-state index is -3.48. The second-order valence-electron chi connectivity index (χ2n) is 5.22. The normalized spacial score (nSPS) is 23.2. The second kappa shape index (κ2) is 5.32. The summed E-state index contributed by atoms with van der Waals surface area (Å²) in [6.07, 6.45) is 3.04. The molecule has 0 saturated heterocycles. The van der Waals surface area contributed by atoms with Gasteiger partial charge in [0, 0.05) is 6.04 Å². The fourth-order valence-corrected chi connectivity index (χ4v) is 3.98. The average molecular weight is 278 g/mol. The van der Waals surface area contributed by atoms with Gasteiger partial charge in [-0.15, -0.1) is 0 Å². The number of benzene rings is 1. The van der Waals surface area contributed by atoms with Crippen LogP contribution in [0.3, 0.4) is 0 Å². The maximum absolute atomic E-state index is 12.3. The summed E-state index contributed by atoms with van der Waals surface area (Å²) in [5.74, 6) is 0.384. The lowest BCUT2D eigenvalue weighted by Gasteiger charge is -2.17. The average Bonchev–Trinajstić information content (AvgIpc) is 2.74. The van der Waals surface area contributed by atoms with E-state index in [4.69, 9.17) is 5.26 Å². The first-order valence-electron chi connectivity index (χ1n) is 6.47. The molecule has 4 nitrogen and oxygen atoms in total. The van der Waals surface area contributed by atoms with Crippen molar-refractivity contribution in [3.63, 3.8) is 0 Å². The van der Waals surface area contributed by atoms with Gasteiger partial charge in [-0.3, -0.25) is 0 Å². The van der Waals surface area contributed by atoms with Crippen LogP contribution in [0.1, 0.15) is 37.3 Å². The van der Waals surface area contributed by atoms with E-state index in [0.717, 1.165) is 19.3 Å². The predicted molar refractivity (Wildman–Crippen MR) is 73.0 cm³/mol. The van der Waals surface area contributed by atoms with Crippen molar-refractivity contribution in [2.45, 2.75) is 44.0 Å². The van der Waals surface area contributed by atoms with Crippen LogP contribution >= 0.6 is 0 Å². The van der Waals surface area contributed by atoms with Crippen molar-refractivity contribution < 1.29 is 8.42 Å². The highest BCUT2D eigenvalue weighted by atomic mass is 32.2. The lowest BCUT2D eigenvalue weighted by molar-refractivity contribution is 0.476. The lowest BCUT2D eigenvalue weighted by Crippen LogP contribution is -2.36. The molecule has 1 fully saturated rings. The summed E-state index contributed by atoms with van der Waals surface area (Å²) in [6, 6.07) is 6.67. The van der Waals surface area contributed by atoms with Crippen molar-refractivity contribution in [3.05, 3.63) is 29.3 Å². The molecule has 1 N–H and O–H groups in total. The number of sulfonamides is 1. The molecule has 0 bridgehead atoms. The Balaban J connectivity index is 2.25. The molecule has 1 aromatic rings. The molecule has 0 radical (unpaired) electrons. The second-order valence-corrected chi connectivity index (χ2v) is 6.94. The largest absolute Gasteiger partial charge is 0.240 e. The van der Waals surface area contributed by atoms with E-state index in [0.29, 0.717) is 17.0 Å². The van der Waals surface area contributed by atoms with E-state index in [9.17, 15) is 8.42 Å². The number of hydrogen-bond acceptors (Lipinski definition) is 3. The van der Waals surface area contributed by atoms with Crippen molar-refractivity contribution in [2.24, 2.45) is 5.92 Å². The van der Waals surface area contributed by atoms with E-state index in [1.54, 1.807) is 19.1 Å². The molecule has 1 aliphatic rings. The van der Waals surface area contributed by atoms with Crippen LogP contribution in [-0.4, -0.2) is 14.5 Å². The highest BCUT2D eigenvalue weighted by molar-refractivity contribution is 7.89. The Kier molecular flexibility index (Phi) is 3.93. The van der Waals surface area contributed by atoms with Gasteiger partial charge >= 0.3 is 0 Å². The van der Waals surface area contributed by atoms with Gasteiger partial charge in [-0.05, 0) is 49.4 Å². The predicted octanol–water partition coefficient (Wildman–Crippen LogP) is 2.33. The summed E-state index contributed by atoms with van der Waals surface area (Å²) in [7, 11) is -3.48. The van der Waals surface area contributed by atoms with Crippen LogP contribution in [-0.2, 0) is 10.0 Å². The van der Waals surface area contributed by atoms with Crippen LogP contribution in [0.4, 0.5) is 0 Å². The first-order valence-corrected chi connectivity index (χ1v) is 7.95. The fraction of sp³-hybridized carbons (Fsp3) is 0.500. The molecule has 1 aromatic carbocycles. The molecule has 0 heterocycles. The van der Waals surface area contributed by atoms with Gasteiger partial charge in [-0.1, -0.05) is 13.3 Å². The molecular formula is C14H18N2O2S. The SMILES string of the molecule is Cc1cc(S(=O)(=O)NC2CCCC2C)ccc1C#N. The van der Waals surface area contributed by atoms with E-state index in [1.807, 2.05) is 6.07 Å². The summed E-state index contributed by atoms with van der Waals surface area (Å²) in [6.45, 7) is 3.82. The zero-order chi connectivity index (χ0) is 14.0. The highest BCUT2D eigenvalue weighted by Crippen LogP contribution is 2.26. The van der Waals surface area contributed by atoms with Crippen LogP contribution in [0.15, 0.2) is 23.1 Å². The van der Waals surface area contributed by atoms with Gasteiger partial charge in [0.15, 0.2) is 0 Å². The molecule has 102 valence electrons. The number of aryl methyl sites for hydroxylation is 1. The lowest BCUT2D eigenvalue weighted by atomic mass is 10.1. The van der Waals surface area contributed by atoms with Gasteiger partial charge in [-0.2, -0.15) is 5.26 Å². The smallest absolute Gasteiger partial charge is 0.208 e. The van der Waals surface area contributed by atoms with Crippen LogP contribution < -0.4 is 4.72 Å². The molecular weight excluding hydrogens is 260 g/mol. The third-order valence-electron chi connectivity index (χ3n) is 3.80. The van der Waals surface area contributed by atoms with E-state index >= 15 is 0 Å². The third-order valence-corrected chi connectivity index (χ3v) is 5.28. The van der Waals surface area contributed by atoms with Crippen molar-refractivity contribution in [3.8, 4) is 6.07 Å². The van der Waals surface area contributed by atoms with Crippen LogP contribution in [0.5, 0.6) is 0 Å². The van der Waals surface area contributed by atoms with Gasteiger partial charge in [0.25, 0.3) is 0 Å². The van der Waals surface area contributed by atoms with Gasteiger partial charge in [0.1, 0.15) is 0 Å². The number of rotatable bonds is 3. The van der Waals surface area contributed by atoms with Gasteiger partial charge in [0.05, 0.1) is 16.5 Å². The van der Waals surface area contributed by atoms with Crippen LogP contribution in [0.2, 0.25) is 0 Å². The van der Waals surface area contributed by atoms with Crippen molar-refractivity contribution in [1.29, 1.82) is 5.26 Å². The number of nitrogens with zero attached hydrogens (tertiary/aromatic N) is 1. The monoisotopic (exact) mass is 278 g/mol. The molecule has 2 unspecified atom stereocenters. The number of hydrogen-bond donors (Lipinski definition) is 1. The van der Waals surface area contributed by atoms with Gasteiger partial charge in [-0.25, -0.2) is 13.1 Å². The number of nitriles is 1. The summed E-state index contributed by atoms with van der Waals surface area (Å²) in [4.78, 5) is 0.239. The molecule has 0 aromatic heterocycles. The maximum atomic E-state index is 12.3. The molecule has 2 rings (SSSR count). The number of nitrogens with one attached hydrogen (secondary N) is 1. The summed E-state index contributed by atoms with van der Waals surface area (Å²) >= 11 is 0. The Morgan fingerprint density at radius 1 is 1.37 bits per heavy atom. The first kappa shape index (κ1) is 14.0. The molecule has 0 aliphatic heterocycles. The standard InChI is InChI=1S/C14H18N2O2S/c1-10-4-3-5-14(10)16-19(17,18)13-7-6-12(9-15)11(2)8-13/h6-8,10,14,16H,3-5H2,1-2H3. The molecule has 19 heavy (non-hydrogen) atoms. The fourth-order valence-electron chi connectivity index (χ4n) is 2.52. The first-order chi connectivity index (χ1) is 8.94. The van der Waals surface area contributed by atoms with E-state index < -0.39 is 10.0 Å². The zero-order valence-electron chi connectivity index (χ0n) is 11.2. The van der Waals surface area contributed by atoms with E-state index in [2.05, 4.69) is 11.6 Å². The van der Waals surface area contributed by atoms with Crippen molar-refractivity contribution in [2.75, 3.05) is 0 Å². The van der Waals surface area contributed by atoms with Crippen molar-refractivity contribution >= 4 is 10.0 Å². The maximum Gasteiger partial charge on any atom is 0.240 e. The van der Waals surface area contributed by atoms with Crippen LogP contribution in [0.25, 0.3) is 0 Å². The van der Waals surface area contributed by atoms with E-state index in [-0.39, 0.29) is 10.9 Å².